The lowest BCUT2D eigenvalue weighted by molar-refractivity contribution is 1.05. The summed E-state index contributed by atoms with van der Waals surface area (Å²) in [5.74, 6) is 0.559. The van der Waals surface area contributed by atoms with Crippen molar-refractivity contribution in [1.29, 1.82) is 0 Å². The minimum Gasteiger partial charge on any atom is -0.309 e. The number of benzene rings is 1. The van der Waals surface area contributed by atoms with E-state index in [1.165, 1.54) is 0 Å². The average Bonchev–Trinajstić information content (AvgIpc) is 2.74. The molecule has 0 aliphatic heterocycles. The molecule has 0 unspecified atom stereocenters. The molecule has 5 nitrogen and oxygen atoms in total. The molecule has 0 radical (unpaired) electrons. The first-order chi connectivity index (χ1) is 8.65. The lowest BCUT2D eigenvalue weighted by Gasteiger charge is -1.98. The van der Waals surface area contributed by atoms with Gasteiger partial charge in [0.25, 0.3) is 5.56 Å². The first kappa shape index (κ1) is 11.0. The summed E-state index contributed by atoms with van der Waals surface area (Å²) in [5.41, 5.74) is 2.24. The molecule has 0 atom stereocenters. The van der Waals surface area contributed by atoms with Crippen LogP contribution in [0.25, 0.3) is 22.3 Å². The number of aromatic amines is 2. The average molecular weight is 261 g/mol. The van der Waals surface area contributed by atoms with E-state index in [9.17, 15) is 4.79 Å². The molecule has 0 saturated carbocycles. The highest BCUT2D eigenvalue weighted by Crippen LogP contribution is 2.24. The van der Waals surface area contributed by atoms with Crippen molar-refractivity contribution < 1.29 is 0 Å². The molecule has 0 fully saturated rings. The molecule has 0 spiro atoms. The maximum absolute atomic E-state index is 11.7. The fourth-order valence-electron chi connectivity index (χ4n) is 1.83. The van der Waals surface area contributed by atoms with Gasteiger partial charge in [0, 0.05) is 10.6 Å². The number of H-pyrrole nitrogens is 2. The van der Waals surface area contributed by atoms with Gasteiger partial charge in [0.1, 0.15) is 22.6 Å². The maximum Gasteiger partial charge on any atom is 0.276 e. The van der Waals surface area contributed by atoms with Crippen LogP contribution in [-0.4, -0.2) is 20.2 Å². The lowest BCUT2D eigenvalue weighted by Crippen LogP contribution is -2.09. The van der Waals surface area contributed by atoms with Gasteiger partial charge in [-0.1, -0.05) is 23.7 Å². The topological polar surface area (TPSA) is 74.4 Å². The number of rotatable bonds is 1. The van der Waals surface area contributed by atoms with Gasteiger partial charge in [-0.25, -0.2) is 4.98 Å². The van der Waals surface area contributed by atoms with Gasteiger partial charge < -0.3 is 4.98 Å². The maximum atomic E-state index is 11.7. The molecule has 0 aliphatic carbocycles. The summed E-state index contributed by atoms with van der Waals surface area (Å²) in [6.45, 7) is 1.74. The summed E-state index contributed by atoms with van der Waals surface area (Å²) >= 11 is 5.84. The standard InChI is InChI=1S/C12H9ClN4O/c1-6-14-10-9(7-2-4-8(13)5-3-7)16-17-11(10)12(18)15-6/h2-5H,1H3,(H,16,17)(H,14,15,18). The van der Waals surface area contributed by atoms with Gasteiger partial charge in [-0.05, 0) is 19.1 Å². The van der Waals surface area contributed by atoms with Crippen LogP contribution in [0.1, 0.15) is 5.82 Å². The Hall–Kier alpha value is -2.14. The number of hydrogen-bond acceptors (Lipinski definition) is 3. The van der Waals surface area contributed by atoms with E-state index in [-0.39, 0.29) is 5.56 Å². The van der Waals surface area contributed by atoms with Crippen LogP contribution in [0, 0.1) is 6.92 Å². The quantitative estimate of drug-likeness (QED) is 0.705. The molecular formula is C12H9ClN4O. The highest BCUT2D eigenvalue weighted by atomic mass is 35.5. The van der Waals surface area contributed by atoms with E-state index >= 15 is 0 Å². The van der Waals surface area contributed by atoms with Gasteiger partial charge in [0.05, 0.1) is 0 Å². The minimum absolute atomic E-state index is 0.217. The van der Waals surface area contributed by atoms with E-state index in [2.05, 4.69) is 20.2 Å². The predicted octanol–water partition coefficient (Wildman–Crippen LogP) is 2.28. The Balaban J connectivity index is 2.30. The third-order valence-electron chi connectivity index (χ3n) is 2.66. The number of fused-ring (bicyclic) bond motifs is 1. The number of hydrogen-bond donors (Lipinski definition) is 2. The van der Waals surface area contributed by atoms with E-state index in [0.717, 1.165) is 5.56 Å². The number of aryl methyl sites for hydroxylation is 1. The van der Waals surface area contributed by atoms with Crippen LogP contribution in [0.3, 0.4) is 0 Å². The summed E-state index contributed by atoms with van der Waals surface area (Å²) in [4.78, 5) is 18.7. The number of aromatic nitrogens is 4. The molecule has 2 N–H and O–H groups in total. The van der Waals surface area contributed by atoms with Crippen molar-refractivity contribution in [2.45, 2.75) is 6.92 Å². The molecule has 3 aromatic rings. The van der Waals surface area contributed by atoms with Crippen molar-refractivity contribution >= 4 is 22.6 Å². The number of nitrogens with zero attached hydrogens (tertiary/aromatic N) is 2. The lowest BCUT2D eigenvalue weighted by atomic mass is 10.1. The number of nitrogens with one attached hydrogen (secondary N) is 2. The van der Waals surface area contributed by atoms with Crippen LogP contribution in [0.5, 0.6) is 0 Å². The molecule has 2 aromatic heterocycles. The van der Waals surface area contributed by atoms with Crippen molar-refractivity contribution in [3.8, 4) is 11.3 Å². The summed E-state index contributed by atoms with van der Waals surface area (Å²) in [6, 6.07) is 7.24. The van der Waals surface area contributed by atoms with Crippen LogP contribution in [0.4, 0.5) is 0 Å². The second kappa shape index (κ2) is 3.96. The van der Waals surface area contributed by atoms with Crippen LogP contribution >= 0.6 is 11.6 Å². The molecule has 2 heterocycles. The Labute approximate surface area is 107 Å². The second-order valence-corrected chi connectivity index (χ2v) is 4.39. The fourth-order valence-corrected chi connectivity index (χ4v) is 1.96. The Kier molecular flexibility index (Phi) is 2.41. The van der Waals surface area contributed by atoms with E-state index < -0.39 is 0 Å². The van der Waals surface area contributed by atoms with Crippen LogP contribution < -0.4 is 5.56 Å². The highest BCUT2D eigenvalue weighted by Gasteiger charge is 2.12. The second-order valence-electron chi connectivity index (χ2n) is 3.95. The molecule has 18 heavy (non-hydrogen) atoms. The van der Waals surface area contributed by atoms with E-state index in [1.54, 1.807) is 19.1 Å². The largest absolute Gasteiger partial charge is 0.309 e. The van der Waals surface area contributed by atoms with Crippen molar-refractivity contribution in [2.75, 3.05) is 0 Å². The highest BCUT2D eigenvalue weighted by molar-refractivity contribution is 6.30. The van der Waals surface area contributed by atoms with Crippen LogP contribution in [0.15, 0.2) is 29.1 Å². The Bertz CT molecular complexity index is 773. The van der Waals surface area contributed by atoms with Crippen LogP contribution in [-0.2, 0) is 0 Å². The normalized spacial score (nSPS) is 11.0. The molecule has 6 heteroatoms. The number of halogens is 1. The smallest absolute Gasteiger partial charge is 0.276 e. The minimum atomic E-state index is -0.217. The first-order valence-electron chi connectivity index (χ1n) is 5.36. The molecule has 0 aliphatic rings. The van der Waals surface area contributed by atoms with E-state index in [4.69, 9.17) is 11.6 Å². The molecular weight excluding hydrogens is 252 g/mol. The van der Waals surface area contributed by atoms with Crippen molar-refractivity contribution in [3.63, 3.8) is 0 Å². The zero-order chi connectivity index (χ0) is 12.7. The van der Waals surface area contributed by atoms with Gasteiger partial charge in [0.2, 0.25) is 0 Å². The zero-order valence-electron chi connectivity index (χ0n) is 9.49. The van der Waals surface area contributed by atoms with Gasteiger partial charge in [-0.15, -0.1) is 0 Å². The molecule has 0 bridgehead atoms. The Morgan fingerprint density at radius 2 is 1.94 bits per heavy atom. The SMILES string of the molecule is Cc1nc2c(-c3ccc(Cl)cc3)n[nH]c2c(=O)[nH]1. The summed E-state index contributed by atoms with van der Waals surface area (Å²) in [6.07, 6.45) is 0. The monoisotopic (exact) mass is 260 g/mol. The Morgan fingerprint density at radius 1 is 1.22 bits per heavy atom. The van der Waals surface area contributed by atoms with Gasteiger partial charge in [0.15, 0.2) is 0 Å². The molecule has 0 saturated heterocycles. The summed E-state index contributed by atoms with van der Waals surface area (Å²) in [5, 5.41) is 7.51. The van der Waals surface area contributed by atoms with Crippen molar-refractivity contribution in [2.24, 2.45) is 0 Å². The van der Waals surface area contributed by atoms with Gasteiger partial charge >= 0.3 is 0 Å². The summed E-state index contributed by atoms with van der Waals surface area (Å²) < 4.78 is 0. The summed E-state index contributed by atoms with van der Waals surface area (Å²) in [7, 11) is 0. The third kappa shape index (κ3) is 1.69. The fraction of sp³-hybridized carbons (Fsp3) is 0.0833. The van der Waals surface area contributed by atoms with Gasteiger partial charge in [-0.2, -0.15) is 5.10 Å². The Morgan fingerprint density at radius 3 is 2.67 bits per heavy atom. The van der Waals surface area contributed by atoms with Crippen molar-refractivity contribution in [1.82, 2.24) is 20.2 Å². The predicted molar refractivity (Wildman–Crippen MR) is 69.7 cm³/mol. The molecule has 1 aromatic carbocycles. The molecule has 90 valence electrons. The first-order valence-corrected chi connectivity index (χ1v) is 5.74. The van der Waals surface area contributed by atoms with Crippen LogP contribution in [0.2, 0.25) is 5.02 Å². The van der Waals surface area contributed by atoms with E-state index in [1.807, 2.05) is 12.1 Å². The van der Waals surface area contributed by atoms with E-state index in [0.29, 0.717) is 27.6 Å². The van der Waals surface area contributed by atoms with Gasteiger partial charge in [-0.3, -0.25) is 9.89 Å². The molecule has 3 rings (SSSR count). The van der Waals surface area contributed by atoms with Crippen molar-refractivity contribution in [3.05, 3.63) is 45.5 Å². The zero-order valence-corrected chi connectivity index (χ0v) is 10.2. The molecule has 0 amide bonds. The third-order valence-corrected chi connectivity index (χ3v) is 2.91.